The smallest absolute Gasteiger partial charge is 0.0594 e. The Kier molecular flexibility index (Phi) is 3.04. The predicted molar refractivity (Wildman–Crippen MR) is 69.1 cm³/mol. The van der Waals surface area contributed by atoms with Gasteiger partial charge in [0.15, 0.2) is 0 Å². The van der Waals surface area contributed by atoms with Gasteiger partial charge < -0.3 is 10.5 Å². The first kappa shape index (κ1) is 11.1. The molecule has 17 heavy (non-hydrogen) atoms. The van der Waals surface area contributed by atoms with Gasteiger partial charge in [0.25, 0.3) is 0 Å². The Hall–Kier alpha value is -1.06. The molecule has 0 bridgehead atoms. The molecule has 1 aromatic carbocycles. The van der Waals surface area contributed by atoms with E-state index < -0.39 is 0 Å². The summed E-state index contributed by atoms with van der Waals surface area (Å²) in [6.07, 6.45) is 3.62. The summed E-state index contributed by atoms with van der Waals surface area (Å²) in [5, 5.41) is 0. The Morgan fingerprint density at radius 1 is 1.18 bits per heavy atom. The molecule has 1 aromatic rings. The van der Waals surface area contributed by atoms with Gasteiger partial charge in [-0.1, -0.05) is 6.07 Å². The number of nitrogen functional groups attached to an aromatic ring is 1. The summed E-state index contributed by atoms with van der Waals surface area (Å²) in [5.74, 6) is 0. The van der Waals surface area contributed by atoms with E-state index in [9.17, 15) is 0 Å². The summed E-state index contributed by atoms with van der Waals surface area (Å²) in [7, 11) is 0. The lowest BCUT2D eigenvalue weighted by molar-refractivity contribution is 0.0137. The molecule has 3 rings (SSSR count). The summed E-state index contributed by atoms with van der Waals surface area (Å²) in [6, 6.07) is 7.06. The monoisotopic (exact) mass is 232 g/mol. The quantitative estimate of drug-likeness (QED) is 0.745. The van der Waals surface area contributed by atoms with Gasteiger partial charge in [-0.2, -0.15) is 0 Å². The molecule has 1 unspecified atom stereocenters. The Morgan fingerprint density at radius 2 is 2.00 bits per heavy atom. The van der Waals surface area contributed by atoms with E-state index in [1.807, 2.05) is 6.07 Å². The van der Waals surface area contributed by atoms with Crippen LogP contribution in [0.15, 0.2) is 18.2 Å². The van der Waals surface area contributed by atoms with Gasteiger partial charge in [0, 0.05) is 24.8 Å². The lowest BCUT2D eigenvalue weighted by Crippen LogP contribution is -2.45. The number of rotatable bonds is 1. The second-order valence-corrected chi connectivity index (χ2v) is 5.07. The third-order valence-corrected chi connectivity index (χ3v) is 3.99. The molecule has 3 nitrogen and oxygen atoms in total. The number of ether oxygens (including phenoxy) is 1. The fourth-order valence-electron chi connectivity index (χ4n) is 3.01. The van der Waals surface area contributed by atoms with E-state index in [0.29, 0.717) is 6.04 Å². The first-order valence-electron chi connectivity index (χ1n) is 6.52. The van der Waals surface area contributed by atoms with Gasteiger partial charge in [-0.05, 0) is 42.5 Å². The average molecular weight is 232 g/mol. The summed E-state index contributed by atoms with van der Waals surface area (Å²) < 4.78 is 5.42. The SMILES string of the molecule is Nc1ccc2c(c1)CC(N1CCOCC1)CC2. The fraction of sp³-hybridized carbons (Fsp3) is 0.571. The van der Waals surface area contributed by atoms with E-state index in [0.717, 1.165) is 38.4 Å². The van der Waals surface area contributed by atoms with Crippen molar-refractivity contribution in [1.29, 1.82) is 0 Å². The topological polar surface area (TPSA) is 38.5 Å². The molecule has 0 radical (unpaired) electrons. The number of aryl methyl sites for hydroxylation is 1. The highest BCUT2D eigenvalue weighted by Gasteiger charge is 2.25. The van der Waals surface area contributed by atoms with Crippen LogP contribution in [0, 0.1) is 0 Å². The normalized spacial score (nSPS) is 25.5. The number of anilines is 1. The lowest BCUT2D eigenvalue weighted by atomic mass is 9.87. The van der Waals surface area contributed by atoms with Crippen molar-refractivity contribution in [2.45, 2.75) is 25.3 Å². The number of morpholine rings is 1. The third-order valence-electron chi connectivity index (χ3n) is 3.99. The summed E-state index contributed by atoms with van der Waals surface area (Å²) in [5.41, 5.74) is 9.71. The van der Waals surface area contributed by atoms with Crippen LogP contribution < -0.4 is 5.73 Å². The molecule has 1 fully saturated rings. The van der Waals surface area contributed by atoms with Gasteiger partial charge in [0.1, 0.15) is 0 Å². The molecule has 3 heteroatoms. The summed E-state index contributed by atoms with van der Waals surface area (Å²) in [6.45, 7) is 3.95. The molecule has 92 valence electrons. The second-order valence-electron chi connectivity index (χ2n) is 5.07. The number of hydrogen-bond donors (Lipinski definition) is 1. The third kappa shape index (κ3) is 2.31. The molecule has 0 aromatic heterocycles. The first-order chi connectivity index (χ1) is 8.33. The van der Waals surface area contributed by atoms with E-state index in [1.165, 1.54) is 24.0 Å². The average Bonchev–Trinajstić information content (AvgIpc) is 2.39. The second kappa shape index (κ2) is 4.67. The van der Waals surface area contributed by atoms with Crippen molar-refractivity contribution >= 4 is 5.69 Å². The molecule has 0 saturated carbocycles. The molecule has 2 aliphatic rings. The minimum atomic E-state index is 0.688. The zero-order valence-corrected chi connectivity index (χ0v) is 10.2. The zero-order chi connectivity index (χ0) is 11.7. The lowest BCUT2D eigenvalue weighted by Gasteiger charge is -2.37. The number of hydrogen-bond acceptors (Lipinski definition) is 3. The Balaban J connectivity index is 1.75. The minimum absolute atomic E-state index is 0.688. The highest BCUT2D eigenvalue weighted by molar-refractivity contribution is 5.46. The highest BCUT2D eigenvalue weighted by atomic mass is 16.5. The van der Waals surface area contributed by atoms with Gasteiger partial charge in [0.2, 0.25) is 0 Å². The number of nitrogens with zero attached hydrogens (tertiary/aromatic N) is 1. The van der Waals surface area contributed by atoms with E-state index in [-0.39, 0.29) is 0 Å². The minimum Gasteiger partial charge on any atom is -0.399 e. The van der Waals surface area contributed by atoms with Gasteiger partial charge in [0.05, 0.1) is 13.2 Å². The number of benzene rings is 1. The Bertz CT molecular complexity index is 399. The standard InChI is InChI=1S/C14H20N2O/c15-13-3-1-11-2-4-14(10-12(11)9-13)16-5-7-17-8-6-16/h1,3,9,14H,2,4-8,10,15H2. The molecule has 1 aliphatic carbocycles. The zero-order valence-electron chi connectivity index (χ0n) is 10.2. The molecule has 1 aliphatic heterocycles. The van der Waals surface area contributed by atoms with Crippen LogP contribution in [0.1, 0.15) is 17.5 Å². The maximum atomic E-state index is 5.87. The van der Waals surface area contributed by atoms with Crippen LogP contribution in [0.3, 0.4) is 0 Å². The molecule has 1 saturated heterocycles. The van der Waals surface area contributed by atoms with Crippen LogP contribution in [-0.4, -0.2) is 37.2 Å². The van der Waals surface area contributed by atoms with E-state index >= 15 is 0 Å². The summed E-state index contributed by atoms with van der Waals surface area (Å²) in [4.78, 5) is 2.58. The van der Waals surface area contributed by atoms with Crippen LogP contribution in [0.4, 0.5) is 5.69 Å². The van der Waals surface area contributed by atoms with Crippen LogP contribution in [0.5, 0.6) is 0 Å². The van der Waals surface area contributed by atoms with Crippen LogP contribution in [-0.2, 0) is 17.6 Å². The van der Waals surface area contributed by atoms with Gasteiger partial charge in [-0.15, -0.1) is 0 Å². The molecular weight excluding hydrogens is 212 g/mol. The van der Waals surface area contributed by atoms with E-state index in [1.54, 1.807) is 0 Å². The molecule has 0 amide bonds. The van der Waals surface area contributed by atoms with E-state index in [2.05, 4.69) is 17.0 Å². The van der Waals surface area contributed by atoms with Crippen LogP contribution in [0.25, 0.3) is 0 Å². The largest absolute Gasteiger partial charge is 0.399 e. The Morgan fingerprint density at radius 3 is 2.82 bits per heavy atom. The first-order valence-corrected chi connectivity index (χ1v) is 6.52. The summed E-state index contributed by atoms with van der Waals surface area (Å²) >= 11 is 0. The molecule has 1 heterocycles. The van der Waals surface area contributed by atoms with Crippen molar-refractivity contribution in [2.24, 2.45) is 0 Å². The van der Waals surface area contributed by atoms with Crippen LogP contribution in [0.2, 0.25) is 0 Å². The van der Waals surface area contributed by atoms with Crippen molar-refractivity contribution in [1.82, 2.24) is 4.90 Å². The number of fused-ring (bicyclic) bond motifs is 1. The van der Waals surface area contributed by atoms with Crippen molar-refractivity contribution in [2.75, 3.05) is 32.0 Å². The van der Waals surface area contributed by atoms with Crippen molar-refractivity contribution in [3.05, 3.63) is 29.3 Å². The Labute approximate surface area is 103 Å². The highest BCUT2D eigenvalue weighted by Crippen LogP contribution is 2.26. The van der Waals surface area contributed by atoms with E-state index in [4.69, 9.17) is 10.5 Å². The predicted octanol–water partition coefficient (Wildman–Crippen LogP) is 1.46. The van der Waals surface area contributed by atoms with Gasteiger partial charge in [-0.3, -0.25) is 4.90 Å². The van der Waals surface area contributed by atoms with Crippen molar-refractivity contribution in [3.63, 3.8) is 0 Å². The maximum absolute atomic E-state index is 5.87. The number of nitrogens with two attached hydrogens (primary N) is 1. The van der Waals surface area contributed by atoms with Crippen molar-refractivity contribution < 1.29 is 4.74 Å². The molecule has 1 atom stereocenters. The van der Waals surface area contributed by atoms with Crippen molar-refractivity contribution in [3.8, 4) is 0 Å². The molecule has 2 N–H and O–H groups in total. The molecule has 0 spiro atoms. The maximum Gasteiger partial charge on any atom is 0.0594 e. The van der Waals surface area contributed by atoms with Crippen LogP contribution >= 0.6 is 0 Å². The molecular formula is C14H20N2O. The van der Waals surface area contributed by atoms with Gasteiger partial charge >= 0.3 is 0 Å². The van der Waals surface area contributed by atoms with Gasteiger partial charge in [-0.25, -0.2) is 0 Å². The fourth-order valence-corrected chi connectivity index (χ4v) is 3.01.